The van der Waals surface area contributed by atoms with Gasteiger partial charge in [-0.2, -0.15) is 0 Å². The third-order valence-electron chi connectivity index (χ3n) is 2.94. The van der Waals surface area contributed by atoms with Crippen LogP contribution in [-0.2, 0) is 27.1 Å². The Morgan fingerprint density at radius 3 is 1.77 bits per heavy atom. The molecule has 2 rings (SSSR count). The number of rotatable bonds is 5. The SMILES string of the molecule is CB(O)[n+]1ccc(CC(=O)O)cc1.CC.O=BC#CO.O=C(O)Cc1ccncc1. The number of nitrogens with zero attached hydrogens (tertiary/aromatic N) is 2. The van der Waals surface area contributed by atoms with Gasteiger partial charge in [-0.15, -0.1) is 0 Å². The monoisotopic (exact) mass is 415 g/mol. The van der Waals surface area contributed by atoms with Crippen LogP contribution in [0.15, 0.2) is 49.1 Å². The number of hydrogen-bond acceptors (Lipinski definition) is 6. The summed E-state index contributed by atoms with van der Waals surface area (Å²) in [5.41, 5.74) is 1.51. The van der Waals surface area contributed by atoms with E-state index in [4.69, 9.17) is 25.0 Å². The van der Waals surface area contributed by atoms with Crippen molar-refractivity contribution in [3.63, 3.8) is 0 Å². The van der Waals surface area contributed by atoms with E-state index in [1.807, 2.05) is 13.8 Å². The summed E-state index contributed by atoms with van der Waals surface area (Å²) in [4.78, 5) is 24.2. The van der Waals surface area contributed by atoms with E-state index in [9.17, 15) is 9.59 Å². The van der Waals surface area contributed by atoms with Gasteiger partial charge in [-0.3, -0.25) is 19.1 Å². The Kier molecular flexibility index (Phi) is 18.0. The minimum Gasteiger partial charge on any atom is -0.481 e. The van der Waals surface area contributed by atoms with Crippen LogP contribution in [0.4, 0.5) is 0 Å². The Morgan fingerprint density at radius 1 is 1.03 bits per heavy atom. The first kappa shape index (κ1) is 28.7. The molecule has 4 N–H and O–H groups in total. The standard InChI is InChI=1S/C8H10BNO3.C7H7NO2.C2HBO2.C2H6/c1-9(13)10-4-2-7(3-5-10)6-8(11)12;9-7(10)5-6-1-3-8-4-2-6;4-2-1-3-5;1-2/h2-5,13H,6H2,1H3;1-4H,5H2,(H,9,10);4H;1-2H3/p+1. The molecule has 0 aliphatic rings. The summed E-state index contributed by atoms with van der Waals surface area (Å²) in [5, 5.41) is 33.5. The van der Waals surface area contributed by atoms with Crippen molar-refractivity contribution in [3.8, 4) is 11.9 Å². The van der Waals surface area contributed by atoms with Gasteiger partial charge in [0.2, 0.25) is 0 Å². The van der Waals surface area contributed by atoms with Crippen LogP contribution < -0.4 is 4.48 Å². The molecule has 0 unspecified atom stereocenters. The number of aromatic nitrogens is 2. The Morgan fingerprint density at radius 2 is 1.47 bits per heavy atom. The quantitative estimate of drug-likeness (QED) is 0.410. The third-order valence-corrected chi connectivity index (χ3v) is 2.94. The number of aliphatic carboxylic acids is 2. The van der Waals surface area contributed by atoms with E-state index in [1.54, 1.807) is 66.2 Å². The Hall–Kier alpha value is -3.51. The molecule has 0 fully saturated rings. The zero-order valence-corrected chi connectivity index (χ0v) is 17.1. The van der Waals surface area contributed by atoms with E-state index in [2.05, 4.69) is 4.98 Å². The van der Waals surface area contributed by atoms with Crippen molar-refractivity contribution in [2.75, 3.05) is 0 Å². The second-order valence-electron chi connectivity index (χ2n) is 5.16. The molecule has 0 aliphatic heterocycles. The maximum Gasteiger partial charge on any atom is 0.307 e. The van der Waals surface area contributed by atoms with Gasteiger partial charge in [0.15, 0.2) is 0 Å². The molecule has 2 aromatic heterocycles. The van der Waals surface area contributed by atoms with Gasteiger partial charge < -0.3 is 15.2 Å². The third kappa shape index (κ3) is 16.6. The maximum absolute atomic E-state index is 10.3. The van der Waals surface area contributed by atoms with Crippen LogP contribution in [0.25, 0.3) is 0 Å². The predicted octanol–water partition coefficient (Wildman–Crippen LogP) is 0.622. The molecule has 158 valence electrons. The second-order valence-corrected chi connectivity index (χ2v) is 5.16. The summed E-state index contributed by atoms with van der Waals surface area (Å²) in [6, 6.07) is 6.74. The Bertz CT molecular complexity index is 805. The van der Waals surface area contributed by atoms with Gasteiger partial charge in [-0.05, 0) is 23.3 Å². The molecular weight excluding hydrogens is 390 g/mol. The normalized spacial score (nSPS) is 8.00. The second kappa shape index (κ2) is 18.8. The van der Waals surface area contributed by atoms with E-state index >= 15 is 0 Å². The van der Waals surface area contributed by atoms with Gasteiger partial charge in [0.25, 0.3) is 0 Å². The molecule has 0 bridgehead atoms. The summed E-state index contributed by atoms with van der Waals surface area (Å²) in [5.74, 6) is 0.0704. The fourth-order valence-electron chi connectivity index (χ4n) is 1.71. The zero-order valence-electron chi connectivity index (χ0n) is 17.1. The number of hydrogen-bond donors (Lipinski definition) is 4. The molecular formula is C19H25B2N2O7+. The molecule has 2 aromatic rings. The molecule has 0 aromatic carbocycles. The molecule has 0 spiro atoms. The van der Waals surface area contributed by atoms with Crippen molar-refractivity contribution in [1.82, 2.24) is 4.98 Å². The smallest absolute Gasteiger partial charge is 0.307 e. The van der Waals surface area contributed by atoms with E-state index in [0.29, 0.717) is 7.15 Å². The van der Waals surface area contributed by atoms with Crippen molar-refractivity contribution in [2.45, 2.75) is 33.5 Å². The van der Waals surface area contributed by atoms with E-state index < -0.39 is 19.0 Å². The minimum absolute atomic E-state index is 0.0145. The van der Waals surface area contributed by atoms with Crippen LogP contribution in [-0.4, -0.2) is 51.5 Å². The largest absolute Gasteiger partial charge is 0.481 e. The van der Waals surface area contributed by atoms with E-state index in [1.165, 1.54) is 6.11 Å². The van der Waals surface area contributed by atoms with Crippen LogP contribution in [0.1, 0.15) is 25.0 Å². The summed E-state index contributed by atoms with van der Waals surface area (Å²) in [6.07, 6.45) is 7.96. The number of aliphatic hydroxyl groups excluding tert-OH is 1. The summed E-state index contributed by atoms with van der Waals surface area (Å²) < 4.78 is 10.7. The molecule has 2 heterocycles. The number of carbonyl (C=O) groups is 2. The maximum atomic E-state index is 10.3. The van der Waals surface area contributed by atoms with Crippen LogP contribution in [0.2, 0.25) is 6.82 Å². The van der Waals surface area contributed by atoms with Crippen molar-refractivity contribution < 1.29 is 39.1 Å². The van der Waals surface area contributed by atoms with E-state index in [-0.39, 0.29) is 12.8 Å². The number of pyridine rings is 2. The summed E-state index contributed by atoms with van der Waals surface area (Å²) in [6.45, 7) is 5.64. The summed E-state index contributed by atoms with van der Waals surface area (Å²) in [7, 11) is -0.265. The first-order valence-electron chi connectivity index (χ1n) is 8.88. The summed E-state index contributed by atoms with van der Waals surface area (Å²) >= 11 is 0. The first-order chi connectivity index (χ1) is 14.3. The van der Waals surface area contributed by atoms with Gasteiger partial charge in [0.05, 0.1) is 12.8 Å². The fourth-order valence-corrected chi connectivity index (χ4v) is 1.71. The predicted molar refractivity (Wildman–Crippen MR) is 110 cm³/mol. The molecule has 11 heteroatoms. The van der Waals surface area contributed by atoms with Crippen LogP contribution in [0.3, 0.4) is 0 Å². The number of carboxylic acids is 2. The Balaban J connectivity index is 0. The average Bonchev–Trinajstić information content (AvgIpc) is 2.71. The molecule has 0 aliphatic carbocycles. The molecule has 0 saturated carbocycles. The first-order valence-corrected chi connectivity index (χ1v) is 8.88. The van der Waals surface area contributed by atoms with Crippen LogP contribution in [0.5, 0.6) is 0 Å². The van der Waals surface area contributed by atoms with Crippen LogP contribution in [0, 0.1) is 11.9 Å². The van der Waals surface area contributed by atoms with E-state index in [0.717, 1.165) is 11.1 Å². The van der Waals surface area contributed by atoms with Crippen molar-refractivity contribution in [1.29, 1.82) is 0 Å². The van der Waals surface area contributed by atoms with Crippen LogP contribution >= 0.6 is 0 Å². The average molecular weight is 415 g/mol. The van der Waals surface area contributed by atoms with Crippen molar-refractivity contribution in [3.05, 3.63) is 60.2 Å². The molecule has 30 heavy (non-hydrogen) atoms. The molecule has 0 saturated heterocycles. The molecule has 9 nitrogen and oxygen atoms in total. The van der Waals surface area contributed by atoms with Gasteiger partial charge >= 0.3 is 47.9 Å². The number of carboxylic acid groups (broad SMARTS) is 2. The van der Waals surface area contributed by atoms with Gasteiger partial charge in [-0.25, -0.2) is 0 Å². The number of aliphatic hydroxyl groups is 1. The minimum atomic E-state index is -0.852. The fraction of sp³-hybridized carbons (Fsp3) is 0.263. The van der Waals surface area contributed by atoms with Crippen molar-refractivity contribution in [2.24, 2.45) is 0 Å². The van der Waals surface area contributed by atoms with Gasteiger partial charge in [0.1, 0.15) is 12.4 Å². The zero-order chi connectivity index (χ0) is 23.4. The topological polar surface area (TPSA) is 149 Å². The van der Waals surface area contributed by atoms with Gasteiger partial charge in [-0.1, -0.05) is 13.8 Å². The molecule has 0 radical (unpaired) electrons. The Labute approximate surface area is 176 Å². The molecule has 0 amide bonds. The van der Waals surface area contributed by atoms with Crippen molar-refractivity contribution >= 4 is 26.1 Å². The van der Waals surface area contributed by atoms with Gasteiger partial charge in [0, 0.05) is 31.3 Å². The molecule has 0 atom stereocenters.